The van der Waals surface area contributed by atoms with E-state index in [9.17, 15) is 9.59 Å². The number of pyridine rings is 1. The molecule has 130 valence electrons. The molecule has 2 aromatic rings. The summed E-state index contributed by atoms with van der Waals surface area (Å²) >= 11 is 0. The molecule has 0 spiro atoms. The highest BCUT2D eigenvalue weighted by molar-refractivity contribution is 5.95. The fourth-order valence-corrected chi connectivity index (χ4v) is 3.05. The molecule has 0 aliphatic carbocycles. The SMILES string of the molecule is Cc1cc(C)cc(Nc2cncc(C(=O)N3CCN(C=O)CC3)c2)c1. The molecule has 25 heavy (non-hydrogen) atoms. The molecule has 0 radical (unpaired) electrons. The number of benzene rings is 1. The summed E-state index contributed by atoms with van der Waals surface area (Å²) in [6.07, 6.45) is 4.12. The van der Waals surface area contributed by atoms with E-state index in [0.29, 0.717) is 31.7 Å². The summed E-state index contributed by atoms with van der Waals surface area (Å²) in [5.41, 5.74) is 4.66. The number of anilines is 2. The van der Waals surface area contributed by atoms with Gasteiger partial charge in [0, 0.05) is 38.1 Å². The molecule has 0 atom stereocenters. The summed E-state index contributed by atoms with van der Waals surface area (Å²) in [6.45, 7) is 6.34. The van der Waals surface area contributed by atoms with E-state index in [-0.39, 0.29) is 5.91 Å². The van der Waals surface area contributed by atoms with Crippen LogP contribution in [0.15, 0.2) is 36.7 Å². The number of nitrogens with zero attached hydrogens (tertiary/aromatic N) is 3. The number of amides is 2. The number of rotatable bonds is 4. The minimum atomic E-state index is -0.0536. The lowest BCUT2D eigenvalue weighted by atomic mass is 10.1. The number of aromatic nitrogens is 1. The lowest BCUT2D eigenvalue weighted by Crippen LogP contribution is -2.48. The average Bonchev–Trinajstić information content (AvgIpc) is 2.60. The summed E-state index contributed by atoms with van der Waals surface area (Å²) < 4.78 is 0. The van der Waals surface area contributed by atoms with E-state index in [1.807, 2.05) is 6.07 Å². The average molecular weight is 338 g/mol. The molecule has 1 aromatic heterocycles. The highest BCUT2D eigenvalue weighted by Gasteiger charge is 2.21. The number of hydrogen-bond acceptors (Lipinski definition) is 4. The maximum Gasteiger partial charge on any atom is 0.255 e. The molecule has 6 nitrogen and oxygen atoms in total. The Bertz CT molecular complexity index is 762. The highest BCUT2D eigenvalue weighted by Crippen LogP contribution is 2.20. The van der Waals surface area contributed by atoms with Gasteiger partial charge < -0.3 is 15.1 Å². The summed E-state index contributed by atoms with van der Waals surface area (Å²) in [5, 5.41) is 3.31. The first-order valence-corrected chi connectivity index (χ1v) is 8.34. The minimum absolute atomic E-state index is 0.0536. The van der Waals surface area contributed by atoms with Gasteiger partial charge >= 0.3 is 0 Å². The van der Waals surface area contributed by atoms with Crippen molar-refractivity contribution >= 4 is 23.7 Å². The van der Waals surface area contributed by atoms with E-state index in [2.05, 4.69) is 42.3 Å². The van der Waals surface area contributed by atoms with Gasteiger partial charge in [-0.15, -0.1) is 0 Å². The van der Waals surface area contributed by atoms with Crippen molar-refractivity contribution in [3.8, 4) is 0 Å². The fourth-order valence-electron chi connectivity index (χ4n) is 3.05. The van der Waals surface area contributed by atoms with Gasteiger partial charge in [0.05, 0.1) is 17.4 Å². The number of carbonyl (C=O) groups excluding carboxylic acids is 2. The molecule has 1 saturated heterocycles. The van der Waals surface area contributed by atoms with Gasteiger partial charge in [0.2, 0.25) is 6.41 Å². The Balaban J connectivity index is 1.72. The van der Waals surface area contributed by atoms with E-state index < -0.39 is 0 Å². The smallest absolute Gasteiger partial charge is 0.255 e. The van der Waals surface area contributed by atoms with E-state index in [0.717, 1.165) is 17.8 Å². The van der Waals surface area contributed by atoms with Crippen LogP contribution in [-0.4, -0.2) is 53.3 Å². The third kappa shape index (κ3) is 4.15. The van der Waals surface area contributed by atoms with Crippen LogP contribution in [-0.2, 0) is 4.79 Å². The number of nitrogens with one attached hydrogen (secondary N) is 1. The van der Waals surface area contributed by atoms with Crippen LogP contribution < -0.4 is 5.32 Å². The van der Waals surface area contributed by atoms with Crippen molar-refractivity contribution in [1.29, 1.82) is 0 Å². The van der Waals surface area contributed by atoms with Crippen LogP contribution in [0, 0.1) is 13.8 Å². The van der Waals surface area contributed by atoms with Crippen molar-refractivity contribution in [3.63, 3.8) is 0 Å². The van der Waals surface area contributed by atoms with E-state index >= 15 is 0 Å². The van der Waals surface area contributed by atoms with Gasteiger partial charge in [-0.25, -0.2) is 0 Å². The quantitative estimate of drug-likeness (QED) is 0.869. The lowest BCUT2D eigenvalue weighted by molar-refractivity contribution is -0.119. The lowest BCUT2D eigenvalue weighted by Gasteiger charge is -2.32. The molecule has 1 aliphatic rings. The molecule has 3 rings (SSSR count). The van der Waals surface area contributed by atoms with Crippen LogP contribution in [0.25, 0.3) is 0 Å². The maximum absolute atomic E-state index is 12.7. The number of carbonyl (C=O) groups is 2. The molecule has 0 bridgehead atoms. The van der Waals surface area contributed by atoms with Crippen molar-refractivity contribution in [2.75, 3.05) is 31.5 Å². The third-order valence-corrected chi connectivity index (χ3v) is 4.25. The summed E-state index contributed by atoms with van der Waals surface area (Å²) in [4.78, 5) is 31.1. The first-order valence-electron chi connectivity index (χ1n) is 8.34. The van der Waals surface area contributed by atoms with Gasteiger partial charge in [-0.2, -0.15) is 0 Å². The Hall–Kier alpha value is -2.89. The summed E-state index contributed by atoms with van der Waals surface area (Å²) in [5.74, 6) is -0.0536. The van der Waals surface area contributed by atoms with Gasteiger partial charge in [-0.3, -0.25) is 14.6 Å². The Morgan fingerprint density at radius 2 is 1.68 bits per heavy atom. The normalized spacial score (nSPS) is 14.3. The molecule has 1 aromatic carbocycles. The highest BCUT2D eigenvalue weighted by atomic mass is 16.2. The number of aryl methyl sites for hydroxylation is 2. The fraction of sp³-hybridized carbons (Fsp3) is 0.316. The number of piperazine rings is 1. The summed E-state index contributed by atoms with van der Waals surface area (Å²) in [6, 6.07) is 8.04. The van der Waals surface area contributed by atoms with Crippen molar-refractivity contribution in [3.05, 3.63) is 53.3 Å². The maximum atomic E-state index is 12.7. The van der Waals surface area contributed by atoms with Crippen molar-refractivity contribution in [1.82, 2.24) is 14.8 Å². The van der Waals surface area contributed by atoms with Crippen molar-refractivity contribution in [2.24, 2.45) is 0 Å². The Morgan fingerprint density at radius 1 is 1.00 bits per heavy atom. The summed E-state index contributed by atoms with van der Waals surface area (Å²) in [7, 11) is 0. The molecule has 1 fully saturated rings. The standard InChI is InChI=1S/C19H22N4O2/c1-14-7-15(2)9-17(8-14)21-18-10-16(11-20-12-18)19(25)23-5-3-22(13-24)4-6-23/h7-13,21H,3-6H2,1-2H3. The Labute approximate surface area is 147 Å². The predicted octanol–water partition coefficient (Wildman–Crippen LogP) is 2.36. The predicted molar refractivity (Wildman–Crippen MR) is 97.0 cm³/mol. The second kappa shape index (κ2) is 7.34. The van der Waals surface area contributed by atoms with Crippen LogP contribution >= 0.6 is 0 Å². The third-order valence-electron chi connectivity index (χ3n) is 4.25. The van der Waals surface area contributed by atoms with Gasteiger partial charge in [0.1, 0.15) is 0 Å². The molecular formula is C19H22N4O2. The molecule has 1 N–H and O–H groups in total. The van der Waals surface area contributed by atoms with Crippen LogP contribution in [0.4, 0.5) is 11.4 Å². The van der Waals surface area contributed by atoms with Crippen molar-refractivity contribution < 1.29 is 9.59 Å². The van der Waals surface area contributed by atoms with Gasteiger partial charge in [0.15, 0.2) is 0 Å². The van der Waals surface area contributed by atoms with Crippen LogP contribution in [0.3, 0.4) is 0 Å². The van der Waals surface area contributed by atoms with Gasteiger partial charge in [-0.05, 0) is 43.2 Å². The first-order chi connectivity index (χ1) is 12.0. The van der Waals surface area contributed by atoms with E-state index in [4.69, 9.17) is 0 Å². The molecule has 0 unspecified atom stereocenters. The van der Waals surface area contributed by atoms with E-state index in [1.165, 1.54) is 11.1 Å². The molecule has 1 aliphatic heterocycles. The largest absolute Gasteiger partial charge is 0.354 e. The molecular weight excluding hydrogens is 316 g/mol. The molecule has 2 heterocycles. The second-order valence-electron chi connectivity index (χ2n) is 6.40. The zero-order valence-electron chi connectivity index (χ0n) is 14.5. The number of hydrogen-bond donors (Lipinski definition) is 1. The zero-order chi connectivity index (χ0) is 17.8. The monoisotopic (exact) mass is 338 g/mol. The van der Waals surface area contributed by atoms with Crippen LogP contribution in [0.1, 0.15) is 21.5 Å². The Morgan fingerprint density at radius 3 is 2.32 bits per heavy atom. The molecule has 0 saturated carbocycles. The minimum Gasteiger partial charge on any atom is -0.354 e. The van der Waals surface area contributed by atoms with Crippen LogP contribution in [0.2, 0.25) is 0 Å². The van der Waals surface area contributed by atoms with Crippen molar-refractivity contribution in [2.45, 2.75) is 13.8 Å². The van der Waals surface area contributed by atoms with Gasteiger partial charge in [0.25, 0.3) is 5.91 Å². The topological polar surface area (TPSA) is 65.5 Å². The zero-order valence-corrected chi connectivity index (χ0v) is 14.5. The second-order valence-corrected chi connectivity index (χ2v) is 6.40. The first kappa shape index (κ1) is 17.0. The van der Waals surface area contributed by atoms with E-state index in [1.54, 1.807) is 22.2 Å². The Kier molecular flexibility index (Phi) is 4.97. The molecule has 2 amide bonds. The van der Waals surface area contributed by atoms with Gasteiger partial charge in [-0.1, -0.05) is 6.07 Å². The van der Waals surface area contributed by atoms with Crippen LogP contribution in [0.5, 0.6) is 0 Å². The molecule has 6 heteroatoms.